The van der Waals surface area contributed by atoms with Crippen LogP contribution in [0.1, 0.15) is 0 Å². The van der Waals surface area contributed by atoms with Gasteiger partial charge in [-0.15, -0.1) is 0 Å². The molecule has 102 valence electrons. The predicted molar refractivity (Wildman–Crippen MR) is 80.2 cm³/mol. The Balaban J connectivity index is 2.23. The summed E-state index contributed by atoms with van der Waals surface area (Å²) in [5.41, 5.74) is 4.35. The van der Waals surface area contributed by atoms with E-state index in [0.29, 0.717) is 0 Å². The highest BCUT2D eigenvalue weighted by molar-refractivity contribution is 5.89. The lowest BCUT2D eigenvalue weighted by molar-refractivity contribution is -0.618. The third-order valence-corrected chi connectivity index (χ3v) is 3.93. The van der Waals surface area contributed by atoms with Crippen molar-refractivity contribution in [3.05, 3.63) is 64.7 Å². The topological polar surface area (TPSA) is 51.4 Å². The number of fused-ring (bicyclic) bond motifs is 5. The molecule has 2 aromatic heterocycles. The van der Waals surface area contributed by atoms with Crippen molar-refractivity contribution in [2.24, 2.45) is 7.05 Å². The van der Waals surface area contributed by atoms with E-state index >= 15 is 0 Å². The first-order valence-electron chi connectivity index (χ1n) is 6.63. The average molecular weight is 278 g/mol. The number of hydrogen-bond acceptors (Lipinski definition) is 2. The van der Waals surface area contributed by atoms with E-state index in [2.05, 4.69) is 21.1 Å². The lowest BCUT2D eigenvalue weighted by Gasteiger charge is -1.98. The number of aryl methyl sites for hydroxylation is 1. The molecule has 0 aliphatic rings. The van der Waals surface area contributed by atoms with E-state index in [1.54, 1.807) is 12.1 Å². The number of pyridine rings is 1. The van der Waals surface area contributed by atoms with Gasteiger partial charge >= 0.3 is 0 Å². The molecule has 0 aliphatic carbocycles. The van der Waals surface area contributed by atoms with Crippen molar-refractivity contribution in [3.63, 3.8) is 0 Å². The maximum Gasteiger partial charge on any atom is 0.287 e. The van der Waals surface area contributed by atoms with Crippen molar-refractivity contribution >= 4 is 33.3 Å². The van der Waals surface area contributed by atoms with Gasteiger partial charge in [-0.1, -0.05) is 12.1 Å². The van der Waals surface area contributed by atoms with Gasteiger partial charge in [-0.05, 0) is 24.3 Å². The second-order valence-corrected chi connectivity index (χ2v) is 5.07. The second kappa shape index (κ2) is 4.02. The summed E-state index contributed by atoms with van der Waals surface area (Å²) in [4.78, 5) is 10.6. The SMILES string of the molecule is C[n+]1c2ccccc2n2c3ccc([N+](=O)[O-])cc3ccc21. The van der Waals surface area contributed by atoms with Crippen LogP contribution < -0.4 is 4.57 Å². The normalized spacial score (nSPS) is 11.5. The molecule has 5 nitrogen and oxygen atoms in total. The van der Waals surface area contributed by atoms with E-state index in [1.807, 2.05) is 37.4 Å². The average Bonchev–Trinajstić information content (AvgIpc) is 2.80. The summed E-state index contributed by atoms with van der Waals surface area (Å²) in [6.07, 6.45) is 0. The van der Waals surface area contributed by atoms with Crippen LogP contribution in [-0.2, 0) is 7.05 Å². The highest BCUT2D eigenvalue weighted by Gasteiger charge is 2.19. The van der Waals surface area contributed by atoms with Crippen LogP contribution in [0.25, 0.3) is 27.6 Å². The summed E-state index contributed by atoms with van der Waals surface area (Å²) in [5.74, 6) is 0. The largest absolute Gasteiger partial charge is 0.287 e. The summed E-state index contributed by atoms with van der Waals surface area (Å²) in [6, 6.07) is 17.0. The maximum atomic E-state index is 10.9. The number of non-ortho nitro benzene ring substituents is 1. The molecule has 0 spiro atoms. The minimum absolute atomic E-state index is 0.114. The molecule has 0 N–H and O–H groups in total. The molecule has 0 unspecified atom stereocenters. The summed E-state index contributed by atoms with van der Waals surface area (Å²) in [5, 5.41) is 11.8. The molecule has 4 rings (SSSR count). The molecule has 0 radical (unpaired) electrons. The van der Waals surface area contributed by atoms with Crippen LogP contribution in [0.4, 0.5) is 5.69 Å². The van der Waals surface area contributed by atoms with Gasteiger partial charge in [-0.3, -0.25) is 10.1 Å². The third-order valence-electron chi connectivity index (χ3n) is 3.93. The molecule has 21 heavy (non-hydrogen) atoms. The molecule has 2 heterocycles. The molecule has 0 aliphatic heterocycles. The van der Waals surface area contributed by atoms with Crippen molar-refractivity contribution in [1.29, 1.82) is 0 Å². The van der Waals surface area contributed by atoms with Gasteiger partial charge in [0, 0.05) is 23.6 Å². The fourth-order valence-electron chi connectivity index (χ4n) is 2.93. The van der Waals surface area contributed by atoms with Crippen molar-refractivity contribution in [1.82, 2.24) is 4.40 Å². The number of nitro groups is 1. The number of aromatic nitrogens is 2. The molecule has 0 saturated heterocycles. The van der Waals surface area contributed by atoms with Gasteiger partial charge in [0.1, 0.15) is 5.52 Å². The Morgan fingerprint density at radius 1 is 1.05 bits per heavy atom. The van der Waals surface area contributed by atoms with Crippen LogP contribution in [0.2, 0.25) is 0 Å². The van der Waals surface area contributed by atoms with Gasteiger partial charge in [0.05, 0.1) is 12.0 Å². The highest BCUT2D eigenvalue weighted by atomic mass is 16.6. The number of imidazole rings is 1. The zero-order valence-corrected chi connectivity index (χ0v) is 11.4. The molecule has 0 bridgehead atoms. The van der Waals surface area contributed by atoms with Gasteiger partial charge in [0.2, 0.25) is 0 Å². The van der Waals surface area contributed by atoms with Crippen molar-refractivity contribution in [2.75, 3.05) is 0 Å². The lowest BCUT2D eigenvalue weighted by atomic mass is 10.2. The minimum atomic E-state index is -0.364. The Morgan fingerprint density at radius 2 is 1.86 bits per heavy atom. The van der Waals surface area contributed by atoms with Crippen LogP contribution in [0, 0.1) is 10.1 Å². The molecule has 0 fully saturated rings. The van der Waals surface area contributed by atoms with Crippen LogP contribution in [0.5, 0.6) is 0 Å². The quantitative estimate of drug-likeness (QED) is 0.305. The Labute approximate surface area is 119 Å². The first kappa shape index (κ1) is 11.8. The molecule has 0 atom stereocenters. The third kappa shape index (κ3) is 1.54. The van der Waals surface area contributed by atoms with Crippen molar-refractivity contribution < 1.29 is 9.49 Å². The summed E-state index contributed by atoms with van der Waals surface area (Å²) >= 11 is 0. The Hall–Kier alpha value is -2.95. The van der Waals surface area contributed by atoms with Gasteiger partial charge < -0.3 is 0 Å². The van der Waals surface area contributed by atoms with Crippen molar-refractivity contribution in [3.8, 4) is 0 Å². The van der Waals surface area contributed by atoms with E-state index in [0.717, 1.165) is 27.6 Å². The Kier molecular flexibility index (Phi) is 2.27. The van der Waals surface area contributed by atoms with Crippen molar-refractivity contribution in [2.45, 2.75) is 0 Å². The smallest absolute Gasteiger partial charge is 0.258 e. The van der Waals surface area contributed by atoms with Crippen LogP contribution in [-0.4, -0.2) is 9.32 Å². The number of benzene rings is 2. The fourth-order valence-corrected chi connectivity index (χ4v) is 2.93. The molecular weight excluding hydrogens is 266 g/mol. The van der Waals surface area contributed by atoms with E-state index in [-0.39, 0.29) is 10.6 Å². The van der Waals surface area contributed by atoms with Gasteiger partial charge in [-0.2, -0.15) is 4.40 Å². The zero-order valence-electron chi connectivity index (χ0n) is 11.4. The van der Waals surface area contributed by atoms with Crippen LogP contribution >= 0.6 is 0 Å². The minimum Gasteiger partial charge on any atom is -0.258 e. The first-order valence-corrected chi connectivity index (χ1v) is 6.63. The molecular formula is C16H12N3O2+. The van der Waals surface area contributed by atoms with E-state index < -0.39 is 0 Å². The molecule has 5 heteroatoms. The second-order valence-electron chi connectivity index (χ2n) is 5.07. The monoisotopic (exact) mass is 278 g/mol. The highest BCUT2D eigenvalue weighted by Crippen LogP contribution is 2.25. The lowest BCUT2D eigenvalue weighted by Crippen LogP contribution is -2.26. The fraction of sp³-hybridized carbons (Fsp3) is 0.0625. The van der Waals surface area contributed by atoms with E-state index in [4.69, 9.17) is 0 Å². The number of nitro benzene ring substituents is 1. The summed E-state index contributed by atoms with van der Waals surface area (Å²) in [7, 11) is 2.02. The first-order chi connectivity index (χ1) is 10.2. The maximum absolute atomic E-state index is 10.9. The Morgan fingerprint density at radius 3 is 2.67 bits per heavy atom. The van der Waals surface area contributed by atoms with Crippen LogP contribution in [0.3, 0.4) is 0 Å². The molecule has 2 aromatic carbocycles. The number of para-hydroxylation sites is 2. The number of nitrogens with zero attached hydrogens (tertiary/aromatic N) is 3. The van der Waals surface area contributed by atoms with Gasteiger partial charge in [0.15, 0.2) is 11.0 Å². The number of hydrogen-bond donors (Lipinski definition) is 0. The Bertz CT molecular complexity index is 1030. The summed E-state index contributed by atoms with van der Waals surface area (Å²) in [6.45, 7) is 0. The standard InChI is InChI=1S/C16H12N3O2/c1-17-14-4-2-3-5-15(14)18-13-8-7-12(19(20)21)10-11(13)6-9-16(17)18/h2-10H,1H3/q+1. The van der Waals surface area contributed by atoms with Crippen LogP contribution in [0.15, 0.2) is 54.6 Å². The molecule has 0 amide bonds. The van der Waals surface area contributed by atoms with E-state index in [9.17, 15) is 10.1 Å². The zero-order chi connectivity index (χ0) is 14.6. The molecule has 0 saturated carbocycles. The van der Waals surface area contributed by atoms with Gasteiger partial charge in [0.25, 0.3) is 11.3 Å². The van der Waals surface area contributed by atoms with E-state index in [1.165, 1.54) is 0 Å². The molecule has 4 aromatic rings. The number of rotatable bonds is 1. The summed E-state index contributed by atoms with van der Waals surface area (Å²) < 4.78 is 4.25. The predicted octanol–water partition coefficient (Wildman–Crippen LogP) is 2.98. The van der Waals surface area contributed by atoms with Gasteiger partial charge in [-0.25, -0.2) is 4.57 Å².